The molecule has 1 aliphatic heterocycles. The molecule has 0 radical (unpaired) electrons. The first kappa shape index (κ1) is 22.9. The van der Waals surface area contributed by atoms with Crippen LogP contribution in [0.5, 0.6) is 0 Å². The molecule has 1 unspecified atom stereocenters. The third-order valence-electron chi connectivity index (χ3n) is 4.48. The van der Waals surface area contributed by atoms with Crippen LogP contribution in [0.1, 0.15) is 48.0 Å². The van der Waals surface area contributed by atoms with E-state index in [1.807, 2.05) is 0 Å². The normalized spacial score (nSPS) is 22.5. The average Bonchev–Trinajstić information content (AvgIpc) is 2.74. The lowest BCUT2D eigenvalue weighted by molar-refractivity contribution is -0.193. The Morgan fingerprint density at radius 3 is 1.85 bits per heavy atom. The zero-order chi connectivity index (χ0) is 21.0. The second-order valence-corrected chi connectivity index (χ2v) is 6.81. The summed E-state index contributed by atoms with van der Waals surface area (Å²) in [6.07, 6.45) is -0.548. The lowest BCUT2D eigenvalue weighted by Crippen LogP contribution is -2.71. The van der Waals surface area contributed by atoms with Crippen molar-refractivity contribution in [2.45, 2.75) is 65.1 Å². The number of esters is 3. The summed E-state index contributed by atoms with van der Waals surface area (Å²) in [6.45, 7) is 8.98. The molecule has 0 bridgehead atoms. The van der Waals surface area contributed by atoms with Crippen molar-refractivity contribution < 1.29 is 38.5 Å². The second kappa shape index (κ2) is 8.69. The topological polar surface area (TPSA) is 119 Å². The summed E-state index contributed by atoms with van der Waals surface area (Å²) in [4.78, 5) is 52.1. The zero-order valence-corrected chi connectivity index (χ0v) is 16.7. The predicted octanol–water partition coefficient (Wildman–Crippen LogP) is 0.422. The van der Waals surface area contributed by atoms with Crippen LogP contribution in [0.3, 0.4) is 0 Å². The van der Waals surface area contributed by atoms with Gasteiger partial charge in [0.05, 0.1) is 26.2 Å². The smallest absolute Gasteiger partial charge is 0.347 e. The minimum Gasteiger partial charge on any atom is -0.464 e. The van der Waals surface area contributed by atoms with E-state index >= 15 is 0 Å². The van der Waals surface area contributed by atoms with Gasteiger partial charge in [0.15, 0.2) is 0 Å². The zero-order valence-electron chi connectivity index (χ0n) is 16.7. The van der Waals surface area contributed by atoms with E-state index in [0.717, 1.165) is 4.90 Å². The van der Waals surface area contributed by atoms with Gasteiger partial charge >= 0.3 is 17.9 Å². The second-order valence-electron chi connectivity index (χ2n) is 6.81. The monoisotopic (exact) mass is 387 g/mol. The van der Waals surface area contributed by atoms with Crippen molar-refractivity contribution in [3.05, 3.63) is 0 Å². The van der Waals surface area contributed by atoms with Gasteiger partial charge in [-0.1, -0.05) is 13.8 Å². The minimum absolute atomic E-state index is 0.0479. The van der Waals surface area contributed by atoms with Gasteiger partial charge in [0.1, 0.15) is 11.6 Å². The van der Waals surface area contributed by atoms with E-state index in [1.54, 1.807) is 20.8 Å². The summed E-state index contributed by atoms with van der Waals surface area (Å²) in [7, 11) is 0. The number of carbonyl (C=O) groups excluding carboxylic acids is 4. The maximum Gasteiger partial charge on any atom is 0.347 e. The first-order valence-corrected chi connectivity index (χ1v) is 9.08. The molecular weight excluding hydrogens is 358 g/mol. The first-order valence-electron chi connectivity index (χ1n) is 9.08. The number of amides is 1. The molecule has 0 aromatic carbocycles. The highest BCUT2D eigenvalue weighted by Gasteiger charge is 2.73. The summed E-state index contributed by atoms with van der Waals surface area (Å²) in [6, 6.07) is -1.28. The predicted molar refractivity (Wildman–Crippen MR) is 93.3 cm³/mol. The van der Waals surface area contributed by atoms with Crippen LogP contribution in [0.15, 0.2) is 0 Å². The molecule has 1 heterocycles. The number of ether oxygens (including phenoxy) is 3. The van der Waals surface area contributed by atoms with E-state index in [4.69, 9.17) is 14.2 Å². The van der Waals surface area contributed by atoms with E-state index < -0.39 is 53.3 Å². The standard InChI is InChI=1S/C18H29NO8/c1-7-25-14(21)13(11(4)5)19-12(20)10-17(6,24)18(19,15(22)26-8-2)16(23)27-9-3/h11,13,24H,7-10H2,1-6H3/t13-,17?/m1/s1. The van der Waals surface area contributed by atoms with Gasteiger partial charge in [-0.3, -0.25) is 4.79 Å². The van der Waals surface area contributed by atoms with E-state index in [1.165, 1.54) is 20.8 Å². The number of nitrogens with zero attached hydrogens (tertiary/aromatic N) is 1. The first-order chi connectivity index (χ1) is 12.5. The Bertz CT molecular complexity index is 580. The van der Waals surface area contributed by atoms with E-state index in [2.05, 4.69) is 0 Å². The molecule has 1 saturated heterocycles. The average molecular weight is 387 g/mol. The third kappa shape index (κ3) is 3.78. The van der Waals surface area contributed by atoms with Gasteiger partial charge in [0.2, 0.25) is 5.91 Å². The van der Waals surface area contributed by atoms with Crippen LogP contribution in [-0.4, -0.2) is 70.8 Å². The Hall–Kier alpha value is -2.16. The molecule has 9 heteroatoms. The van der Waals surface area contributed by atoms with Crippen molar-refractivity contribution >= 4 is 23.8 Å². The molecule has 154 valence electrons. The highest BCUT2D eigenvalue weighted by molar-refractivity contribution is 6.13. The van der Waals surface area contributed by atoms with Gasteiger partial charge < -0.3 is 24.2 Å². The van der Waals surface area contributed by atoms with Crippen LogP contribution in [0.2, 0.25) is 0 Å². The van der Waals surface area contributed by atoms with Gasteiger partial charge in [-0.2, -0.15) is 0 Å². The molecule has 0 aliphatic carbocycles. The maximum absolute atomic E-state index is 12.9. The number of carbonyl (C=O) groups is 4. The lowest BCUT2D eigenvalue weighted by Gasteiger charge is -2.43. The van der Waals surface area contributed by atoms with Crippen LogP contribution in [0, 0.1) is 5.92 Å². The van der Waals surface area contributed by atoms with Gasteiger partial charge in [-0.05, 0) is 33.6 Å². The molecule has 0 aromatic rings. The fourth-order valence-electron chi connectivity index (χ4n) is 3.41. The molecular formula is C18H29NO8. The Kier molecular flexibility index (Phi) is 7.36. The third-order valence-corrected chi connectivity index (χ3v) is 4.48. The Morgan fingerprint density at radius 1 is 1.04 bits per heavy atom. The number of hydrogen-bond donors (Lipinski definition) is 1. The van der Waals surface area contributed by atoms with Gasteiger partial charge in [0, 0.05) is 0 Å². The lowest BCUT2D eigenvalue weighted by atomic mass is 9.80. The fraction of sp³-hybridized carbons (Fsp3) is 0.778. The van der Waals surface area contributed by atoms with Crippen molar-refractivity contribution in [2.24, 2.45) is 5.92 Å². The summed E-state index contributed by atoms with van der Waals surface area (Å²) in [5.74, 6) is -4.32. The Morgan fingerprint density at radius 2 is 1.48 bits per heavy atom. The highest BCUT2D eigenvalue weighted by Crippen LogP contribution is 2.44. The highest BCUT2D eigenvalue weighted by atomic mass is 16.6. The van der Waals surface area contributed by atoms with E-state index in [0.29, 0.717) is 0 Å². The molecule has 0 spiro atoms. The molecule has 1 N–H and O–H groups in total. The maximum atomic E-state index is 12.9. The van der Waals surface area contributed by atoms with Gasteiger partial charge in [-0.25, -0.2) is 14.4 Å². The molecule has 2 atom stereocenters. The van der Waals surface area contributed by atoms with Crippen molar-refractivity contribution in [2.75, 3.05) is 19.8 Å². The Balaban J connectivity index is 3.73. The van der Waals surface area contributed by atoms with Gasteiger partial charge in [0.25, 0.3) is 5.54 Å². The van der Waals surface area contributed by atoms with Crippen LogP contribution in [-0.2, 0) is 33.4 Å². The fourth-order valence-corrected chi connectivity index (χ4v) is 3.41. The van der Waals surface area contributed by atoms with Crippen molar-refractivity contribution in [1.29, 1.82) is 0 Å². The number of likely N-dealkylation sites (tertiary alicyclic amines) is 1. The van der Waals surface area contributed by atoms with Crippen molar-refractivity contribution in [3.63, 3.8) is 0 Å². The summed E-state index contributed by atoms with van der Waals surface area (Å²) >= 11 is 0. The van der Waals surface area contributed by atoms with Crippen LogP contribution in [0.25, 0.3) is 0 Å². The summed E-state index contributed by atoms with van der Waals surface area (Å²) in [5.41, 5.74) is -4.64. The minimum atomic E-state index is -2.50. The molecule has 0 saturated carbocycles. The number of rotatable bonds is 8. The quantitative estimate of drug-likeness (QED) is 0.362. The number of hydrogen-bond acceptors (Lipinski definition) is 8. The molecule has 27 heavy (non-hydrogen) atoms. The van der Waals surface area contributed by atoms with Crippen LogP contribution < -0.4 is 0 Å². The molecule has 9 nitrogen and oxygen atoms in total. The van der Waals surface area contributed by atoms with Crippen LogP contribution >= 0.6 is 0 Å². The Labute approximate surface area is 158 Å². The molecule has 0 aromatic heterocycles. The molecule has 1 aliphatic rings. The van der Waals surface area contributed by atoms with E-state index in [9.17, 15) is 24.3 Å². The SMILES string of the molecule is CCOC(=O)[C@@H](C(C)C)N1C(=O)CC(C)(O)C1(C(=O)OCC)C(=O)OCC. The van der Waals surface area contributed by atoms with Crippen molar-refractivity contribution in [1.82, 2.24) is 4.90 Å². The van der Waals surface area contributed by atoms with Crippen LogP contribution in [0.4, 0.5) is 0 Å². The summed E-state index contributed by atoms with van der Waals surface area (Å²) < 4.78 is 15.1. The number of aliphatic hydroxyl groups is 1. The van der Waals surface area contributed by atoms with E-state index in [-0.39, 0.29) is 19.8 Å². The van der Waals surface area contributed by atoms with Crippen molar-refractivity contribution in [3.8, 4) is 0 Å². The summed E-state index contributed by atoms with van der Waals surface area (Å²) in [5, 5.41) is 11.0. The molecule has 1 fully saturated rings. The molecule has 1 rings (SSSR count). The largest absolute Gasteiger partial charge is 0.464 e. The van der Waals surface area contributed by atoms with Gasteiger partial charge in [-0.15, -0.1) is 0 Å². The molecule has 1 amide bonds.